The third-order valence-corrected chi connectivity index (χ3v) is 9.07. The lowest BCUT2D eigenvalue weighted by molar-refractivity contribution is -0.870. The van der Waals surface area contributed by atoms with Crippen LogP contribution in [0.3, 0.4) is 0 Å². The number of urea groups is 1. The number of unbranched alkanes of at least 4 members (excludes halogenated alkanes) is 1. The molecule has 1 aromatic rings. The van der Waals surface area contributed by atoms with Crippen LogP contribution < -0.4 is 4.74 Å². The van der Waals surface area contributed by atoms with Crippen molar-refractivity contribution < 1.29 is 33.5 Å². The van der Waals surface area contributed by atoms with Gasteiger partial charge in [0, 0.05) is 71.0 Å². The summed E-state index contributed by atoms with van der Waals surface area (Å²) in [5.41, 5.74) is 2.00. The molecule has 4 rings (SSSR count). The second kappa shape index (κ2) is 14.1. The van der Waals surface area contributed by atoms with Crippen LogP contribution in [-0.4, -0.2) is 140 Å². The minimum absolute atomic E-state index is 0.00291. The average molecular weight is 601 g/mol. The molecule has 3 aliphatic rings. The first-order valence-corrected chi connectivity index (χ1v) is 15.8. The maximum atomic E-state index is 13.8. The Kier molecular flexibility index (Phi) is 10.7. The van der Waals surface area contributed by atoms with Crippen molar-refractivity contribution in [3.05, 3.63) is 29.3 Å². The van der Waals surface area contributed by atoms with E-state index in [2.05, 4.69) is 34.1 Å². The predicted molar refractivity (Wildman–Crippen MR) is 163 cm³/mol. The number of likely N-dealkylation sites (tertiary alicyclic amines) is 1. The summed E-state index contributed by atoms with van der Waals surface area (Å²) in [6.45, 7) is 6.01. The van der Waals surface area contributed by atoms with Crippen molar-refractivity contribution in [2.75, 3.05) is 80.6 Å². The van der Waals surface area contributed by atoms with E-state index in [-0.39, 0.29) is 49.7 Å². The monoisotopic (exact) mass is 600 g/mol. The summed E-state index contributed by atoms with van der Waals surface area (Å²) in [5.74, 6) is -1.46. The number of ether oxygens (including phenoxy) is 1. The number of hydrogen-bond donors (Lipinski definition) is 1. The number of imide groups is 1. The van der Waals surface area contributed by atoms with Gasteiger partial charge in [0.2, 0.25) is 11.8 Å². The number of carboxylic acid groups (broad SMARTS) is 1. The van der Waals surface area contributed by atoms with Crippen LogP contribution in [-0.2, 0) is 20.8 Å². The fourth-order valence-electron chi connectivity index (χ4n) is 6.64. The highest BCUT2D eigenvalue weighted by Gasteiger charge is 2.48. The Morgan fingerprint density at radius 3 is 2.56 bits per heavy atom. The van der Waals surface area contributed by atoms with Gasteiger partial charge in [-0.05, 0) is 30.0 Å². The number of rotatable bonds is 14. The van der Waals surface area contributed by atoms with Crippen LogP contribution in [0.2, 0.25) is 0 Å². The zero-order chi connectivity index (χ0) is 31.3. The number of quaternary nitrogens is 1. The first-order valence-electron chi connectivity index (χ1n) is 15.8. The Labute approximate surface area is 255 Å². The summed E-state index contributed by atoms with van der Waals surface area (Å²) in [4.78, 5) is 58.9. The van der Waals surface area contributed by atoms with Crippen LogP contribution in [0.1, 0.15) is 56.1 Å². The Balaban J connectivity index is 1.58. The first kappa shape index (κ1) is 32.7. The molecule has 0 spiro atoms. The quantitative estimate of drug-likeness (QED) is 0.327. The molecule has 4 amide bonds. The Bertz CT molecular complexity index is 1180. The van der Waals surface area contributed by atoms with E-state index in [1.165, 1.54) is 9.80 Å². The summed E-state index contributed by atoms with van der Waals surface area (Å²) in [7, 11) is 8.08. The van der Waals surface area contributed by atoms with Crippen LogP contribution in [0.5, 0.6) is 5.75 Å². The van der Waals surface area contributed by atoms with Crippen LogP contribution in [0.4, 0.5) is 4.79 Å². The molecule has 0 bridgehead atoms. The topological polar surface area (TPSA) is 111 Å². The summed E-state index contributed by atoms with van der Waals surface area (Å²) >= 11 is 0. The molecule has 0 unspecified atom stereocenters. The number of hydrogen-bond acceptors (Lipinski definition) is 6. The smallest absolute Gasteiger partial charge is 0.326 e. The second-order valence-corrected chi connectivity index (χ2v) is 13.3. The van der Waals surface area contributed by atoms with Crippen molar-refractivity contribution in [1.82, 2.24) is 19.6 Å². The third-order valence-electron chi connectivity index (χ3n) is 9.07. The van der Waals surface area contributed by atoms with Crippen molar-refractivity contribution in [3.63, 3.8) is 0 Å². The van der Waals surface area contributed by atoms with Gasteiger partial charge < -0.3 is 24.1 Å². The van der Waals surface area contributed by atoms with E-state index in [1.54, 1.807) is 7.05 Å². The second-order valence-electron chi connectivity index (χ2n) is 13.3. The standard InChI is InChI=1S/C32H49N5O6/c1-6-7-14-34(15-8-18-37(3,4)5)29(39)22-35-21-25(23-9-10-27-24(20-23)13-19-43-27)30(31(40)41)26(35)11-17-36-28(38)12-16-33(2)32(36)42/h9-10,20,25-26,30H,6-8,11-19,21-22H2,1-5H3/p+1/t25-,26+,30-/m1/s1. The number of nitrogens with zero attached hydrogens (tertiary/aromatic N) is 5. The van der Waals surface area contributed by atoms with E-state index in [1.807, 2.05) is 21.9 Å². The first-order chi connectivity index (χ1) is 20.4. The average Bonchev–Trinajstić information content (AvgIpc) is 3.56. The lowest BCUT2D eigenvalue weighted by Gasteiger charge is -2.34. The molecule has 238 valence electrons. The molecule has 0 radical (unpaired) electrons. The highest BCUT2D eigenvalue weighted by Crippen LogP contribution is 2.41. The Morgan fingerprint density at radius 2 is 1.86 bits per heavy atom. The molecular weight excluding hydrogens is 550 g/mol. The van der Waals surface area contributed by atoms with E-state index in [9.17, 15) is 24.3 Å². The van der Waals surface area contributed by atoms with Gasteiger partial charge in [0.05, 0.1) is 46.8 Å². The van der Waals surface area contributed by atoms with Gasteiger partial charge in [-0.2, -0.15) is 0 Å². The SMILES string of the molecule is CCCCN(CCC[N+](C)(C)C)C(=O)CN1C[C@H](c2ccc3c(c2)CCO3)[C@@H](C(=O)O)[C@@H]1CCN1C(=O)CCN(C)C1=O. The zero-order valence-electron chi connectivity index (χ0n) is 26.6. The number of aliphatic carboxylic acids is 1. The number of benzene rings is 1. The molecule has 2 saturated heterocycles. The largest absolute Gasteiger partial charge is 0.493 e. The summed E-state index contributed by atoms with van der Waals surface area (Å²) < 4.78 is 6.50. The van der Waals surface area contributed by atoms with E-state index in [4.69, 9.17) is 4.74 Å². The zero-order valence-corrected chi connectivity index (χ0v) is 26.6. The summed E-state index contributed by atoms with van der Waals surface area (Å²) in [6, 6.07) is 5.04. The Morgan fingerprint density at radius 1 is 1.12 bits per heavy atom. The number of carboxylic acids is 1. The van der Waals surface area contributed by atoms with E-state index < -0.39 is 17.9 Å². The van der Waals surface area contributed by atoms with Crippen molar-refractivity contribution >= 4 is 23.8 Å². The van der Waals surface area contributed by atoms with Crippen LogP contribution >= 0.6 is 0 Å². The van der Waals surface area contributed by atoms with Crippen LogP contribution in [0, 0.1) is 5.92 Å². The van der Waals surface area contributed by atoms with Gasteiger partial charge in [0.15, 0.2) is 0 Å². The van der Waals surface area contributed by atoms with Crippen LogP contribution in [0.25, 0.3) is 0 Å². The highest BCUT2D eigenvalue weighted by atomic mass is 16.5. The molecule has 0 saturated carbocycles. The molecular formula is C32H50N5O6+. The van der Waals surface area contributed by atoms with Gasteiger partial charge in [-0.1, -0.05) is 25.5 Å². The van der Waals surface area contributed by atoms with Gasteiger partial charge >= 0.3 is 12.0 Å². The number of carbonyl (C=O) groups excluding carboxylic acids is 3. The van der Waals surface area contributed by atoms with Crippen molar-refractivity contribution in [3.8, 4) is 5.75 Å². The van der Waals surface area contributed by atoms with Gasteiger partial charge in [0.1, 0.15) is 5.75 Å². The molecule has 11 nitrogen and oxygen atoms in total. The van der Waals surface area contributed by atoms with Crippen molar-refractivity contribution in [1.29, 1.82) is 0 Å². The molecule has 1 aromatic carbocycles. The maximum Gasteiger partial charge on any atom is 0.326 e. The third kappa shape index (κ3) is 8.06. The van der Waals surface area contributed by atoms with Gasteiger partial charge in [-0.3, -0.25) is 24.2 Å². The van der Waals surface area contributed by atoms with Gasteiger partial charge in [0.25, 0.3) is 0 Å². The minimum atomic E-state index is -0.930. The van der Waals surface area contributed by atoms with E-state index >= 15 is 0 Å². The lowest BCUT2D eigenvalue weighted by atomic mass is 9.83. The molecule has 43 heavy (non-hydrogen) atoms. The van der Waals surface area contributed by atoms with E-state index in [0.29, 0.717) is 32.8 Å². The summed E-state index contributed by atoms with van der Waals surface area (Å²) in [5, 5.41) is 10.6. The highest BCUT2D eigenvalue weighted by molar-refractivity contribution is 5.96. The molecule has 1 N–H and O–H groups in total. The molecule has 0 aliphatic carbocycles. The van der Waals surface area contributed by atoms with Crippen molar-refractivity contribution in [2.45, 2.75) is 57.4 Å². The number of carbonyl (C=O) groups is 4. The number of fused-ring (bicyclic) bond motifs is 1. The normalized spacial score (nSPS) is 22.6. The van der Waals surface area contributed by atoms with Crippen LogP contribution in [0.15, 0.2) is 18.2 Å². The maximum absolute atomic E-state index is 13.8. The summed E-state index contributed by atoms with van der Waals surface area (Å²) in [6.07, 6.45) is 4.08. The molecule has 0 aromatic heterocycles. The molecule has 11 heteroatoms. The predicted octanol–water partition coefficient (Wildman–Crippen LogP) is 2.49. The van der Waals surface area contributed by atoms with Gasteiger partial charge in [-0.25, -0.2) is 4.79 Å². The number of amides is 4. The Hall–Kier alpha value is -3.18. The fraction of sp³-hybridized carbons (Fsp3) is 0.688. The fourth-order valence-corrected chi connectivity index (χ4v) is 6.64. The van der Waals surface area contributed by atoms with E-state index in [0.717, 1.165) is 53.6 Å². The molecule has 2 fully saturated rings. The molecule has 3 heterocycles. The van der Waals surface area contributed by atoms with Gasteiger partial charge in [-0.15, -0.1) is 0 Å². The molecule has 3 atom stereocenters. The molecule has 3 aliphatic heterocycles. The van der Waals surface area contributed by atoms with Crippen molar-refractivity contribution in [2.24, 2.45) is 5.92 Å². The lowest BCUT2D eigenvalue weighted by Crippen LogP contribution is -2.52. The minimum Gasteiger partial charge on any atom is -0.493 e.